The number of aliphatic hydroxyl groups is 1. The van der Waals surface area contributed by atoms with Crippen molar-refractivity contribution in [2.24, 2.45) is 40.4 Å². The zero-order valence-corrected chi connectivity index (χ0v) is 23.5. The van der Waals surface area contributed by atoms with E-state index in [4.69, 9.17) is 44.3 Å². The highest BCUT2D eigenvalue weighted by Crippen LogP contribution is 2.67. The van der Waals surface area contributed by atoms with Gasteiger partial charge < -0.3 is 19.9 Å². The van der Waals surface area contributed by atoms with Gasteiger partial charge in [-0.2, -0.15) is 0 Å². The minimum absolute atomic E-state index is 0.00447. The topological polar surface area (TPSA) is 84.9 Å². The Hall–Kier alpha value is -0.270. The number of alkyl carbamates (subject to hydrolysis) is 1. The number of ether oxygens (including phenoxy) is 2. The molecule has 4 aliphatic carbocycles. The molecule has 0 saturated heterocycles. The second-order valence-electron chi connectivity index (χ2n) is 12.0. The van der Waals surface area contributed by atoms with Crippen LogP contribution in [0.1, 0.15) is 72.6 Å². The van der Waals surface area contributed by atoms with Crippen LogP contribution in [0.2, 0.25) is 0 Å². The van der Waals surface area contributed by atoms with E-state index in [2.05, 4.69) is 19.2 Å². The molecule has 2 N–H and O–H groups in total. The fourth-order valence-corrected chi connectivity index (χ4v) is 9.13. The van der Waals surface area contributed by atoms with E-state index in [1.54, 1.807) is 6.92 Å². The number of carbonyl (C=O) groups excluding carboxylic acids is 2. The first-order chi connectivity index (χ1) is 16.3. The van der Waals surface area contributed by atoms with Crippen molar-refractivity contribution in [1.82, 2.24) is 5.32 Å². The molecule has 4 aliphatic rings. The number of halogens is 3. The normalized spacial score (nSPS) is 45.1. The van der Waals surface area contributed by atoms with Crippen LogP contribution < -0.4 is 5.32 Å². The third kappa shape index (κ3) is 5.21. The molecule has 6 nitrogen and oxygen atoms in total. The van der Waals surface area contributed by atoms with E-state index in [-0.39, 0.29) is 47.2 Å². The van der Waals surface area contributed by atoms with Crippen LogP contribution in [-0.4, -0.2) is 52.2 Å². The molecule has 0 spiro atoms. The molecule has 200 valence electrons. The number of hydrogen-bond acceptors (Lipinski definition) is 5. The highest BCUT2D eigenvalue weighted by atomic mass is 35.6. The van der Waals surface area contributed by atoms with E-state index < -0.39 is 16.0 Å². The molecule has 10 atom stereocenters. The molecule has 0 aromatic rings. The number of alkyl halides is 3. The van der Waals surface area contributed by atoms with Gasteiger partial charge in [-0.25, -0.2) is 4.79 Å². The van der Waals surface area contributed by atoms with Crippen molar-refractivity contribution in [3.8, 4) is 0 Å². The van der Waals surface area contributed by atoms with Gasteiger partial charge in [0.15, 0.2) is 0 Å². The quantitative estimate of drug-likeness (QED) is 0.428. The maximum atomic E-state index is 12.9. The van der Waals surface area contributed by atoms with Crippen LogP contribution in [0.15, 0.2) is 0 Å². The Labute approximate surface area is 224 Å². The highest BCUT2D eigenvalue weighted by Gasteiger charge is 2.64. The van der Waals surface area contributed by atoms with Crippen LogP contribution >= 0.6 is 34.8 Å². The van der Waals surface area contributed by atoms with Gasteiger partial charge in [0.25, 0.3) is 0 Å². The van der Waals surface area contributed by atoms with Crippen molar-refractivity contribution in [1.29, 1.82) is 0 Å². The Morgan fingerprint density at radius 3 is 2.43 bits per heavy atom. The van der Waals surface area contributed by atoms with Crippen molar-refractivity contribution < 1.29 is 24.2 Å². The number of carbonyl (C=O) groups is 2. The molecule has 1 amide bonds. The average Bonchev–Trinajstić information content (AvgIpc) is 3.09. The summed E-state index contributed by atoms with van der Waals surface area (Å²) in [5, 5.41) is 14.0. The Bertz CT molecular complexity index is 821. The van der Waals surface area contributed by atoms with Gasteiger partial charge in [-0.1, -0.05) is 48.7 Å². The highest BCUT2D eigenvalue weighted by molar-refractivity contribution is 6.67. The molecule has 35 heavy (non-hydrogen) atoms. The van der Waals surface area contributed by atoms with Crippen LogP contribution in [0.25, 0.3) is 0 Å². The van der Waals surface area contributed by atoms with Gasteiger partial charge in [0.05, 0.1) is 12.2 Å². The van der Waals surface area contributed by atoms with Crippen LogP contribution in [0.5, 0.6) is 0 Å². The molecule has 4 fully saturated rings. The Morgan fingerprint density at radius 2 is 1.80 bits per heavy atom. The lowest BCUT2D eigenvalue weighted by molar-refractivity contribution is -0.179. The van der Waals surface area contributed by atoms with E-state index in [1.165, 1.54) is 0 Å². The van der Waals surface area contributed by atoms with Crippen molar-refractivity contribution in [2.75, 3.05) is 13.2 Å². The maximum absolute atomic E-state index is 12.9. The monoisotopic (exact) mass is 551 g/mol. The summed E-state index contributed by atoms with van der Waals surface area (Å²) >= 11 is 17.4. The molecule has 0 aliphatic heterocycles. The second-order valence-corrected chi connectivity index (χ2v) is 14.5. The zero-order valence-electron chi connectivity index (χ0n) is 21.2. The first-order valence-corrected chi connectivity index (χ1v) is 14.2. The first-order valence-electron chi connectivity index (χ1n) is 13.1. The molecule has 9 heteroatoms. The second kappa shape index (κ2) is 10.1. The van der Waals surface area contributed by atoms with E-state index in [9.17, 15) is 14.7 Å². The van der Waals surface area contributed by atoms with E-state index in [0.29, 0.717) is 30.8 Å². The lowest BCUT2D eigenvalue weighted by Crippen LogP contribution is -2.64. The van der Waals surface area contributed by atoms with Crippen molar-refractivity contribution in [2.45, 2.75) is 94.7 Å². The van der Waals surface area contributed by atoms with Gasteiger partial charge in [-0.3, -0.25) is 4.79 Å². The lowest BCUT2D eigenvalue weighted by atomic mass is 9.43. The zero-order chi connectivity index (χ0) is 25.8. The van der Waals surface area contributed by atoms with Crippen molar-refractivity contribution >= 4 is 46.7 Å². The van der Waals surface area contributed by atoms with Gasteiger partial charge >= 0.3 is 6.09 Å². The van der Waals surface area contributed by atoms with Crippen molar-refractivity contribution in [3.05, 3.63) is 0 Å². The summed E-state index contributed by atoms with van der Waals surface area (Å²) in [6, 6.07) is -0.172. The van der Waals surface area contributed by atoms with Crippen LogP contribution in [0, 0.1) is 40.4 Å². The molecule has 4 saturated carbocycles. The number of Topliss-reactive ketones (excluding diaryl/α,β-unsaturated/α-hetero) is 1. The number of aliphatic hydroxyl groups excluding tert-OH is 1. The lowest BCUT2D eigenvalue weighted by Gasteiger charge is -2.63. The molecule has 0 bridgehead atoms. The summed E-state index contributed by atoms with van der Waals surface area (Å²) in [5.41, 5.74) is -0.276. The standard InChI is InChI=1S/C26H40Cl3NO5/c1-5-34-21-12-24(3)15(10-20(21)32)6-7-16-18-9-8-17(14(2)31)25(18,4)11-19(22(16)24)30-23(33)35-13-26(27,28)29/h15-22,32H,5-13H2,1-4H3,(H,30,33)/t15?,16-,17+,18-,19?,20?,21?,22+,24-,25+/m0/s1. The molecule has 0 heterocycles. The van der Waals surface area contributed by atoms with Gasteiger partial charge in [0.1, 0.15) is 12.4 Å². The molecule has 4 unspecified atom stereocenters. The molecular formula is C26H40Cl3NO5. The Kier molecular flexibility index (Phi) is 8.03. The number of hydrogen-bond donors (Lipinski definition) is 2. The van der Waals surface area contributed by atoms with Gasteiger partial charge in [0, 0.05) is 18.6 Å². The largest absolute Gasteiger partial charge is 0.445 e. The summed E-state index contributed by atoms with van der Waals surface area (Å²) in [4.78, 5) is 25.5. The predicted molar refractivity (Wildman–Crippen MR) is 137 cm³/mol. The van der Waals surface area contributed by atoms with Crippen LogP contribution in [-0.2, 0) is 14.3 Å². The van der Waals surface area contributed by atoms with Crippen LogP contribution in [0.3, 0.4) is 0 Å². The van der Waals surface area contributed by atoms with Gasteiger partial charge in [-0.15, -0.1) is 0 Å². The maximum Gasteiger partial charge on any atom is 0.407 e. The van der Waals surface area contributed by atoms with E-state index in [1.807, 2.05) is 6.92 Å². The average molecular weight is 553 g/mol. The summed E-state index contributed by atoms with van der Waals surface area (Å²) < 4.78 is 9.58. The minimum Gasteiger partial charge on any atom is -0.445 e. The Balaban J connectivity index is 1.67. The molecule has 0 aromatic heterocycles. The van der Waals surface area contributed by atoms with E-state index >= 15 is 0 Å². The first kappa shape index (κ1) is 27.8. The summed E-state index contributed by atoms with van der Waals surface area (Å²) in [6.45, 7) is 8.46. The molecular weight excluding hydrogens is 513 g/mol. The number of amides is 1. The minimum atomic E-state index is -1.68. The van der Waals surface area contributed by atoms with Gasteiger partial charge in [0.2, 0.25) is 3.79 Å². The summed E-state index contributed by atoms with van der Waals surface area (Å²) in [6.07, 6.45) is 4.97. The predicted octanol–water partition coefficient (Wildman–Crippen LogP) is 5.69. The van der Waals surface area contributed by atoms with Crippen molar-refractivity contribution in [3.63, 3.8) is 0 Å². The fraction of sp³-hybridized carbons (Fsp3) is 0.923. The SMILES string of the molecule is CCOC1C[C@@]2(C)C(CC[C@H]3[C@@H]4CC[C@H](C(C)=O)[C@@]4(C)CC(NC(=O)OCC(Cl)(Cl)Cl)[C@@H]32)CC1O. The number of ketones is 1. The van der Waals surface area contributed by atoms with Crippen LogP contribution in [0.4, 0.5) is 4.79 Å². The smallest absolute Gasteiger partial charge is 0.407 e. The Morgan fingerprint density at radius 1 is 1.09 bits per heavy atom. The van der Waals surface area contributed by atoms with E-state index in [0.717, 1.165) is 38.5 Å². The van der Waals surface area contributed by atoms with Gasteiger partial charge in [-0.05, 0) is 93.3 Å². The fourth-order valence-electron chi connectivity index (χ4n) is 8.97. The summed E-state index contributed by atoms with van der Waals surface area (Å²) in [7, 11) is 0. The number of fused-ring (bicyclic) bond motifs is 5. The molecule has 0 radical (unpaired) electrons. The molecule has 0 aromatic carbocycles. The summed E-state index contributed by atoms with van der Waals surface area (Å²) in [5.74, 6) is 1.61. The number of rotatable bonds is 5. The molecule has 4 rings (SSSR count). The number of nitrogens with one attached hydrogen (secondary N) is 1. The third-order valence-electron chi connectivity index (χ3n) is 10.2. The third-order valence-corrected chi connectivity index (χ3v) is 10.5.